The van der Waals surface area contributed by atoms with Crippen molar-refractivity contribution in [2.24, 2.45) is 0 Å². The second kappa shape index (κ2) is 9.61. The van der Waals surface area contributed by atoms with Crippen LogP contribution < -0.4 is 10.1 Å². The molecular formula is C19H26N4O2. The van der Waals surface area contributed by atoms with Crippen LogP contribution in [-0.4, -0.2) is 48.0 Å². The van der Waals surface area contributed by atoms with Gasteiger partial charge in [0, 0.05) is 20.1 Å². The van der Waals surface area contributed by atoms with Crippen LogP contribution in [0, 0.1) is 0 Å². The van der Waals surface area contributed by atoms with Crippen LogP contribution in [-0.2, 0) is 6.42 Å². The Morgan fingerprint density at radius 3 is 2.72 bits per heavy atom. The van der Waals surface area contributed by atoms with Crippen molar-refractivity contribution in [3.63, 3.8) is 0 Å². The third-order valence-electron chi connectivity index (χ3n) is 3.96. The molecule has 2 rings (SSSR count). The number of carbonyl (C=O) groups is 1. The van der Waals surface area contributed by atoms with E-state index in [-0.39, 0.29) is 5.91 Å². The highest BCUT2D eigenvalue weighted by atomic mass is 16.5. The highest BCUT2D eigenvalue weighted by Gasteiger charge is 2.13. The Kier molecular flexibility index (Phi) is 7.19. The second-order valence-corrected chi connectivity index (χ2v) is 5.86. The van der Waals surface area contributed by atoms with E-state index in [1.54, 1.807) is 25.3 Å². The van der Waals surface area contributed by atoms with Crippen molar-refractivity contribution < 1.29 is 9.53 Å². The second-order valence-electron chi connectivity index (χ2n) is 5.86. The maximum absolute atomic E-state index is 12.2. The maximum atomic E-state index is 12.2. The lowest BCUT2D eigenvalue weighted by Gasteiger charge is -2.16. The molecule has 1 N–H and O–H groups in total. The first-order valence-corrected chi connectivity index (χ1v) is 8.59. The number of hydrogen-bond acceptors (Lipinski definition) is 5. The fourth-order valence-corrected chi connectivity index (χ4v) is 2.46. The number of unbranched alkanes of at least 4 members (excludes halogenated alkanes) is 1. The van der Waals surface area contributed by atoms with E-state index < -0.39 is 0 Å². The Morgan fingerprint density at radius 1 is 1.24 bits per heavy atom. The molecule has 0 aliphatic heterocycles. The van der Waals surface area contributed by atoms with E-state index in [0.717, 1.165) is 37.1 Å². The zero-order valence-corrected chi connectivity index (χ0v) is 15.2. The SMILES string of the molecule is CCCCN(C)C(=O)c1cnc(NCCc2ccccc2OC)cn1. The Hall–Kier alpha value is -2.63. The number of aromatic nitrogens is 2. The summed E-state index contributed by atoms with van der Waals surface area (Å²) in [6, 6.07) is 7.94. The number of para-hydroxylation sites is 1. The Bertz CT molecular complexity index is 673. The number of hydrogen-bond donors (Lipinski definition) is 1. The molecule has 6 nitrogen and oxygen atoms in total. The molecule has 0 saturated carbocycles. The number of nitrogens with zero attached hydrogens (tertiary/aromatic N) is 3. The van der Waals surface area contributed by atoms with Crippen LogP contribution in [0.4, 0.5) is 5.82 Å². The van der Waals surface area contributed by atoms with Crippen molar-refractivity contribution in [2.45, 2.75) is 26.2 Å². The van der Waals surface area contributed by atoms with E-state index in [4.69, 9.17) is 4.74 Å². The van der Waals surface area contributed by atoms with Crippen molar-refractivity contribution in [3.8, 4) is 5.75 Å². The number of benzene rings is 1. The van der Waals surface area contributed by atoms with Gasteiger partial charge in [-0.05, 0) is 24.5 Å². The molecule has 0 atom stereocenters. The van der Waals surface area contributed by atoms with E-state index in [1.807, 2.05) is 24.3 Å². The molecule has 0 bridgehead atoms. The van der Waals surface area contributed by atoms with Crippen molar-refractivity contribution in [1.29, 1.82) is 0 Å². The lowest BCUT2D eigenvalue weighted by molar-refractivity contribution is 0.0787. The number of amides is 1. The van der Waals surface area contributed by atoms with E-state index in [1.165, 1.54) is 6.20 Å². The average molecular weight is 342 g/mol. The van der Waals surface area contributed by atoms with Gasteiger partial charge < -0.3 is 15.0 Å². The molecule has 0 fully saturated rings. The highest BCUT2D eigenvalue weighted by Crippen LogP contribution is 2.17. The van der Waals surface area contributed by atoms with Gasteiger partial charge in [0.05, 0.1) is 19.5 Å². The number of methoxy groups -OCH3 is 1. The summed E-state index contributed by atoms with van der Waals surface area (Å²) in [7, 11) is 3.46. The zero-order valence-electron chi connectivity index (χ0n) is 15.2. The number of ether oxygens (including phenoxy) is 1. The molecule has 1 aromatic carbocycles. The van der Waals surface area contributed by atoms with Gasteiger partial charge in [0.25, 0.3) is 5.91 Å². The summed E-state index contributed by atoms with van der Waals surface area (Å²) in [5.74, 6) is 1.44. The van der Waals surface area contributed by atoms with Gasteiger partial charge in [-0.15, -0.1) is 0 Å². The van der Waals surface area contributed by atoms with Gasteiger partial charge in [-0.2, -0.15) is 0 Å². The first kappa shape index (κ1) is 18.7. The average Bonchev–Trinajstić information content (AvgIpc) is 2.66. The monoisotopic (exact) mass is 342 g/mol. The van der Waals surface area contributed by atoms with Crippen LogP contribution in [0.5, 0.6) is 5.75 Å². The third-order valence-corrected chi connectivity index (χ3v) is 3.96. The smallest absolute Gasteiger partial charge is 0.273 e. The molecule has 1 amide bonds. The number of rotatable bonds is 9. The summed E-state index contributed by atoms with van der Waals surface area (Å²) in [6.45, 7) is 3.54. The topological polar surface area (TPSA) is 67.4 Å². The van der Waals surface area contributed by atoms with Crippen LogP contribution in [0.15, 0.2) is 36.7 Å². The Labute approximate surface area is 149 Å². The Morgan fingerprint density at radius 2 is 2.04 bits per heavy atom. The molecule has 134 valence electrons. The molecule has 2 aromatic rings. The summed E-state index contributed by atoms with van der Waals surface area (Å²) < 4.78 is 5.34. The number of carbonyl (C=O) groups excluding carboxylic acids is 1. The van der Waals surface area contributed by atoms with Crippen LogP contribution in [0.3, 0.4) is 0 Å². The zero-order chi connectivity index (χ0) is 18.1. The van der Waals surface area contributed by atoms with Crippen molar-refractivity contribution >= 4 is 11.7 Å². The quantitative estimate of drug-likeness (QED) is 0.759. The molecule has 1 aromatic heterocycles. The third kappa shape index (κ3) is 5.45. The van der Waals surface area contributed by atoms with E-state index in [2.05, 4.69) is 22.2 Å². The van der Waals surface area contributed by atoms with Gasteiger partial charge >= 0.3 is 0 Å². The summed E-state index contributed by atoms with van der Waals surface area (Å²) in [5.41, 5.74) is 1.50. The molecule has 0 unspecified atom stereocenters. The first-order chi connectivity index (χ1) is 12.2. The normalized spacial score (nSPS) is 10.4. The van der Waals surface area contributed by atoms with Crippen LogP contribution in [0.2, 0.25) is 0 Å². The van der Waals surface area contributed by atoms with Crippen molar-refractivity contribution in [3.05, 3.63) is 47.9 Å². The molecular weight excluding hydrogens is 316 g/mol. The van der Waals surface area contributed by atoms with Gasteiger partial charge in [0.1, 0.15) is 17.3 Å². The first-order valence-electron chi connectivity index (χ1n) is 8.59. The van der Waals surface area contributed by atoms with Crippen LogP contribution in [0.25, 0.3) is 0 Å². The minimum atomic E-state index is -0.0958. The largest absolute Gasteiger partial charge is 0.496 e. The fourth-order valence-electron chi connectivity index (χ4n) is 2.46. The summed E-state index contributed by atoms with van der Waals surface area (Å²) in [5, 5.41) is 3.22. The van der Waals surface area contributed by atoms with Crippen LogP contribution in [0.1, 0.15) is 35.8 Å². The van der Waals surface area contributed by atoms with Crippen LogP contribution >= 0.6 is 0 Å². The minimum Gasteiger partial charge on any atom is -0.496 e. The lowest BCUT2D eigenvalue weighted by Crippen LogP contribution is -2.28. The van der Waals surface area contributed by atoms with E-state index >= 15 is 0 Å². The number of anilines is 1. The van der Waals surface area contributed by atoms with Gasteiger partial charge in [0.2, 0.25) is 0 Å². The predicted molar refractivity (Wildman–Crippen MR) is 99.1 cm³/mol. The molecule has 0 aliphatic carbocycles. The summed E-state index contributed by atoms with van der Waals surface area (Å²) in [4.78, 5) is 22.4. The lowest BCUT2D eigenvalue weighted by atomic mass is 10.1. The van der Waals surface area contributed by atoms with Gasteiger partial charge in [-0.1, -0.05) is 31.5 Å². The Balaban J connectivity index is 1.87. The molecule has 1 heterocycles. The van der Waals surface area contributed by atoms with Crippen molar-refractivity contribution in [1.82, 2.24) is 14.9 Å². The molecule has 25 heavy (non-hydrogen) atoms. The molecule has 0 radical (unpaired) electrons. The predicted octanol–water partition coefficient (Wildman–Crippen LogP) is 3.01. The van der Waals surface area contributed by atoms with Gasteiger partial charge in [0.15, 0.2) is 0 Å². The number of nitrogens with one attached hydrogen (secondary N) is 1. The van der Waals surface area contributed by atoms with E-state index in [9.17, 15) is 4.79 Å². The minimum absolute atomic E-state index is 0.0958. The standard InChI is InChI=1S/C19H26N4O2/c1-4-5-12-23(2)19(24)16-13-22-18(14-21-16)20-11-10-15-8-6-7-9-17(15)25-3/h6-9,13-14H,4-5,10-12H2,1-3H3,(H,20,22). The molecule has 0 spiro atoms. The highest BCUT2D eigenvalue weighted by molar-refractivity contribution is 5.91. The fraction of sp³-hybridized carbons (Fsp3) is 0.421. The summed E-state index contributed by atoms with van der Waals surface area (Å²) >= 11 is 0. The van der Waals surface area contributed by atoms with Crippen molar-refractivity contribution in [2.75, 3.05) is 32.6 Å². The van der Waals surface area contributed by atoms with E-state index in [0.29, 0.717) is 18.1 Å². The molecule has 0 aliphatic rings. The molecule has 6 heteroatoms. The maximum Gasteiger partial charge on any atom is 0.273 e. The summed E-state index contributed by atoms with van der Waals surface area (Å²) in [6.07, 6.45) is 5.97. The van der Waals surface area contributed by atoms with Gasteiger partial charge in [-0.3, -0.25) is 4.79 Å². The molecule has 0 saturated heterocycles. The van der Waals surface area contributed by atoms with Gasteiger partial charge in [-0.25, -0.2) is 9.97 Å².